The maximum absolute atomic E-state index is 13.1. The Kier molecular flexibility index (Phi) is 5.91. The van der Waals surface area contributed by atoms with Crippen molar-refractivity contribution < 1.29 is 23.1 Å². The van der Waals surface area contributed by atoms with Gasteiger partial charge in [0.05, 0.1) is 15.6 Å². The van der Waals surface area contributed by atoms with E-state index in [1.165, 1.54) is 17.2 Å². The van der Waals surface area contributed by atoms with Crippen molar-refractivity contribution in [2.45, 2.75) is 62.4 Å². The van der Waals surface area contributed by atoms with Crippen LogP contribution in [-0.2, 0) is 21.2 Å². The lowest BCUT2D eigenvalue weighted by Gasteiger charge is -2.50. The van der Waals surface area contributed by atoms with Gasteiger partial charge >= 0.3 is 5.97 Å². The molecule has 0 saturated heterocycles. The van der Waals surface area contributed by atoms with Crippen LogP contribution in [0.15, 0.2) is 35.2 Å². The Morgan fingerprint density at radius 1 is 1.12 bits per heavy atom. The lowest BCUT2D eigenvalue weighted by atomic mass is 9.55. The Balaban J connectivity index is 1.38. The molecule has 0 spiro atoms. The quantitative estimate of drug-likeness (QED) is 0.521. The molecule has 6 nitrogen and oxygen atoms in total. The molecule has 2 aromatic rings. The van der Waals surface area contributed by atoms with Crippen LogP contribution in [0.2, 0.25) is 10.0 Å². The summed E-state index contributed by atoms with van der Waals surface area (Å²) in [4.78, 5) is 12.7. The summed E-state index contributed by atoms with van der Waals surface area (Å²) in [5.74, 6) is 1.04. The van der Waals surface area contributed by atoms with Crippen LogP contribution in [0.25, 0.3) is 0 Å². The molecule has 0 aliphatic heterocycles. The standard InChI is InChI=1S/C25H27Cl2NO5S/c1-25-9-8-16-15-5-3-14(29)10-13(15)2-4-17(16)19(25)6-7-23(25)33-24(30)18-11-22(34(28,31)32)21(27)12-20(18)26/h3,5,10-12,16-17,19,23,29H,2,4,6-9H2,1H3,(H2,28,31,32)/t16?,17?,19?,23-,25-/m0/s1. The lowest BCUT2D eigenvalue weighted by Crippen LogP contribution is -2.45. The molecule has 3 unspecified atom stereocenters. The van der Waals surface area contributed by atoms with E-state index < -0.39 is 16.0 Å². The number of rotatable bonds is 3. The highest BCUT2D eigenvalue weighted by molar-refractivity contribution is 7.89. The number of benzene rings is 2. The fourth-order valence-corrected chi connectivity index (χ4v) is 8.21. The van der Waals surface area contributed by atoms with Crippen molar-refractivity contribution in [2.75, 3.05) is 0 Å². The summed E-state index contributed by atoms with van der Waals surface area (Å²) in [6.45, 7) is 2.21. The number of phenols is 1. The highest BCUT2D eigenvalue weighted by atomic mass is 35.5. The summed E-state index contributed by atoms with van der Waals surface area (Å²) < 4.78 is 29.7. The van der Waals surface area contributed by atoms with Crippen molar-refractivity contribution in [3.8, 4) is 5.75 Å². The molecule has 0 bridgehead atoms. The van der Waals surface area contributed by atoms with Crippen molar-refractivity contribution in [1.82, 2.24) is 0 Å². The van der Waals surface area contributed by atoms with Crippen LogP contribution in [-0.4, -0.2) is 25.6 Å². The van der Waals surface area contributed by atoms with Gasteiger partial charge in [-0.25, -0.2) is 18.4 Å². The molecule has 5 atom stereocenters. The Hall–Kier alpha value is -1.80. The third-order valence-electron chi connectivity index (χ3n) is 8.42. The molecule has 0 radical (unpaired) electrons. The summed E-state index contributed by atoms with van der Waals surface area (Å²) in [6, 6.07) is 8.05. The van der Waals surface area contributed by atoms with Gasteiger partial charge in [0, 0.05) is 5.41 Å². The van der Waals surface area contributed by atoms with Gasteiger partial charge < -0.3 is 9.84 Å². The summed E-state index contributed by atoms with van der Waals surface area (Å²) in [5.41, 5.74) is 2.38. The summed E-state index contributed by atoms with van der Waals surface area (Å²) >= 11 is 12.2. The van der Waals surface area contributed by atoms with Gasteiger partial charge in [-0.3, -0.25) is 0 Å². The van der Waals surface area contributed by atoms with Crippen molar-refractivity contribution in [2.24, 2.45) is 22.4 Å². The number of fused-ring (bicyclic) bond motifs is 5. The van der Waals surface area contributed by atoms with Gasteiger partial charge in [0.25, 0.3) is 0 Å². The van der Waals surface area contributed by atoms with Crippen LogP contribution < -0.4 is 5.14 Å². The van der Waals surface area contributed by atoms with E-state index in [0.29, 0.717) is 23.5 Å². The van der Waals surface area contributed by atoms with Gasteiger partial charge in [-0.1, -0.05) is 36.2 Å². The van der Waals surface area contributed by atoms with E-state index in [4.69, 9.17) is 33.1 Å². The number of ether oxygens (including phenoxy) is 1. The zero-order valence-electron chi connectivity index (χ0n) is 18.8. The number of carbonyl (C=O) groups excluding carboxylic acids is 1. The predicted molar refractivity (Wildman–Crippen MR) is 130 cm³/mol. The molecule has 182 valence electrons. The minimum Gasteiger partial charge on any atom is -0.508 e. The number of carbonyl (C=O) groups is 1. The van der Waals surface area contributed by atoms with Crippen molar-refractivity contribution >= 4 is 39.2 Å². The lowest BCUT2D eigenvalue weighted by molar-refractivity contribution is -0.0427. The van der Waals surface area contributed by atoms with Crippen LogP contribution in [0.5, 0.6) is 5.75 Å². The maximum Gasteiger partial charge on any atom is 0.339 e. The van der Waals surface area contributed by atoms with E-state index in [-0.39, 0.29) is 32.0 Å². The van der Waals surface area contributed by atoms with E-state index >= 15 is 0 Å². The van der Waals surface area contributed by atoms with E-state index in [1.54, 1.807) is 6.07 Å². The van der Waals surface area contributed by atoms with Gasteiger partial charge in [0.2, 0.25) is 10.0 Å². The molecular formula is C25H27Cl2NO5S. The number of aryl methyl sites for hydroxylation is 1. The van der Waals surface area contributed by atoms with Gasteiger partial charge in [-0.2, -0.15) is 0 Å². The first-order valence-electron chi connectivity index (χ1n) is 11.5. The fourth-order valence-electron chi connectivity index (χ4n) is 6.81. The normalized spacial score (nSPS) is 30.2. The number of esters is 1. The molecule has 0 aromatic heterocycles. The van der Waals surface area contributed by atoms with Gasteiger partial charge in [0.1, 0.15) is 16.7 Å². The maximum atomic E-state index is 13.1. The topological polar surface area (TPSA) is 107 Å². The molecule has 3 aliphatic carbocycles. The van der Waals surface area contributed by atoms with E-state index in [0.717, 1.165) is 44.6 Å². The van der Waals surface area contributed by atoms with E-state index in [2.05, 4.69) is 13.0 Å². The van der Waals surface area contributed by atoms with Crippen LogP contribution >= 0.6 is 23.2 Å². The number of hydrogen-bond acceptors (Lipinski definition) is 5. The van der Waals surface area contributed by atoms with Crippen molar-refractivity contribution in [3.05, 3.63) is 57.1 Å². The molecular weight excluding hydrogens is 497 g/mol. The van der Waals surface area contributed by atoms with Gasteiger partial charge in [-0.05, 0) is 91.7 Å². The molecule has 0 heterocycles. The SMILES string of the molecule is C[C@]12CCC3c4ccc(O)cc4CCC3C1CC[C@@H]2OC(=O)c1cc(S(N)(=O)=O)c(Cl)cc1Cl. The molecule has 3 N–H and O–H groups in total. The van der Waals surface area contributed by atoms with Crippen LogP contribution in [0, 0.1) is 17.3 Å². The Morgan fingerprint density at radius 2 is 1.88 bits per heavy atom. The highest BCUT2D eigenvalue weighted by Crippen LogP contribution is 2.61. The molecule has 0 amide bonds. The molecule has 34 heavy (non-hydrogen) atoms. The number of hydrogen-bond donors (Lipinski definition) is 2. The zero-order valence-corrected chi connectivity index (χ0v) is 21.1. The highest BCUT2D eigenvalue weighted by Gasteiger charge is 2.56. The number of sulfonamides is 1. The third-order valence-corrected chi connectivity index (χ3v) is 10.1. The summed E-state index contributed by atoms with van der Waals surface area (Å²) in [6.07, 6.45) is 5.37. The number of aromatic hydroxyl groups is 1. The second kappa shape index (κ2) is 8.40. The minimum atomic E-state index is -4.12. The third kappa shape index (κ3) is 3.91. The zero-order chi connectivity index (χ0) is 24.4. The van der Waals surface area contributed by atoms with Crippen LogP contribution in [0.3, 0.4) is 0 Å². The Bertz CT molecular complexity index is 1280. The predicted octanol–water partition coefficient (Wildman–Crippen LogP) is 5.43. The summed E-state index contributed by atoms with van der Waals surface area (Å²) in [5, 5.41) is 15.0. The summed E-state index contributed by atoms with van der Waals surface area (Å²) in [7, 11) is -4.12. The fraction of sp³-hybridized carbons (Fsp3) is 0.480. The Morgan fingerprint density at radius 3 is 2.62 bits per heavy atom. The van der Waals surface area contributed by atoms with E-state index in [1.807, 2.05) is 6.07 Å². The van der Waals surface area contributed by atoms with Crippen molar-refractivity contribution in [1.29, 1.82) is 0 Å². The molecule has 5 rings (SSSR count). The van der Waals surface area contributed by atoms with Crippen molar-refractivity contribution in [3.63, 3.8) is 0 Å². The van der Waals surface area contributed by atoms with Gasteiger partial charge in [-0.15, -0.1) is 0 Å². The second-order valence-corrected chi connectivity index (χ2v) is 12.5. The average Bonchev–Trinajstić information content (AvgIpc) is 3.08. The smallest absolute Gasteiger partial charge is 0.339 e. The van der Waals surface area contributed by atoms with Crippen LogP contribution in [0.4, 0.5) is 0 Å². The van der Waals surface area contributed by atoms with Crippen LogP contribution in [0.1, 0.15) is 66.4 Å². The molecule has 2 saturated carbocycles. The van der Waals surface area contributed by atoms with E-state index in [9.17, 15) is 18.3 Å². The molecule has 2 fully saturated rings. The minimum absolute atomic E-state index is 0.0259. The second-order valence-electron chi connectivity index (χ2n) is 10.1. The first kappa shape index (κ1) is 23.9. The molecule has 3 aliphatic rings. The van der Waals surface area contributed by atoms with Gasteiger partial charge in [0.15, 0.2) is 0 Å². The Labute approximate surface area is 209 Å². The number of phenolic OH excluding ortho intramolecular Hbond substituents is 1. The molecule has 9 heteroatoms. The first-order valence-corrected chi connectivity index (χ1v) is 13.8. The monoisotopic (exact) mass is 523 g/mol. The largest absolute Gasteiger partial charge is 0.508 e. The molecule has 2 aromatic carbocycles. The average molecular weight is 524 g/mol. The number of primary sulfonamides is 1. The number of nitrogens with two attached hydrogens (primary N) is 1. The first-order chi connectivity index (χ1) is 16.0. The number of halogens is 2.